The number of carbonyl (C=O) groups excluding carboxylic acids is 1. The fourth-order valence-corrected chi connectivity index (χ4v) is 7.12. The Morgan fingerprint density at radius 1 is 1.05 bits per heavy atom. The maximum atomic E-state index is 15.3. The first kappa shape index (κ1) is 24.7. The van der Waals surface area contributed by atoms with E-state index < -0.39 is 0 Å². The molecule has 7 rings (SSSR count). The standard InChI is InChI=1S/C31H31FN4O2S/c32-27-16-22(7-8-29(27)35-11-13-38-14-12-35)36(31(37)30-6-3-15-39-30)20-26-24-18-34(19-25(24)26)17-21-9-10-33-28-5-2-1-4-23(21)28/h1-10,15-16,24-26H,11-14,17-20H2. The first-order valence-electron chi connectivity index (χ1n) is 13.7. The van der Waals surface area contributed by atoms with Crippen molar-refractivity contribution in [1.82, 2.24) is 9.88 Å². The highest BCUT2D eigenvalue weighted by Crippen LogP contribution is 2.52. The van der Waals surface area contributed by atoms with Crippen molar-refractivity contribution in [3.05, 3.63) is 88.5 Å². The van der Waals surface area contributed by atoms with Crippen molar-refractivity contribution in [1.29, 1.82) is 0 Å². The third kappa shape index (κ3) is 4.81. The Labute approximate surface area is 231 Å². The number of morpholine rings is 1. The molecule has 3 aliphatic rings. The van der Waals surface area contributed by atoms with Crippen molar-refractivity contribution in [2.24, 2.45) is 17.8 Å². The summed E-state index contributed by atoms with van der Waals surface area (Å²) in [5.74, 6) is 1.23. The second-order valence-electron chi connectivity index (χ2n) is 10.8. The fraction of sp³-hybridized carbons (Fsp3) is 0.355. The summed E-state index contributed by atoms with van der Waals surface area (Å²) in [6.45, 7) is 6.13. The molecule has 4 aromatic rings. The van der Waals surface area contributed by atoms with Crippen molar-refractivity contribution < 1.29 is 13.9 Å². The van der Waals surface area contributed by atoms with Crippen LogP contribution in [0.3, 0.4) is 0 Å². The van der Waals surface area contributed by atoms with E-state index in [4.69, 9.17) is 4.74 Å². The van der Waals surface area contributed by atoms with Crippen LogP contribution in [0.4, 0.5) is 15.8 Å². The minimum Gasteiger partial charge on any atom is -0.378 e. The number of halogens is 1. The SMILES string of the molecule is O=C(c1cccs1)N(CC1C2CN(Cc3ccnc4ccccc34)CC21)c1ccc(N2CCOCC2)c(F)c1. The van der Waals surface area contributed by atoms with Gasteiger partial charge in [-0.25, -0.2) is 4.39 Å². The molecule has 8 heteroatoms. The van der Waals surface area contributed by atoms with Crippen LogP contribution in [-0.2, 0) is 11.3 Å². The highest BCUT2D eigenvalue weighted by Gasteiger charge is 2.56. The number of para-hydroxylation sites is 1. The molecule has 0 radical (unpaired) electrons. The number of anilines is 2. The van der Waals surface area contributed by atoms with Crippen molar-refractivity contribution in [3.63, 3.8) is 0 Å². The van der Waals surface area contributed by atoms with Gasteiger partial charge in [-0.05, 0) is 65.1 Å². The minimum atomic E-state index is -0.287. The molecule has 2 unspecified atom stereocenters. The van der Waals surface area contributed by atoms with E-state index in [0.717, 1.165) is 25.2 Å². The van der Waals surface area contributed by atoms with Crippen LogP contribution in [0.2, 0.25) is 0 Å². The highest BCUT2D eigenvalue weighted by atomic mass is 32.1. The number of nitrogens with zero attached hydrogens (tertiary/aromatic N) is 4. The van der Waals surface area contributed by atoms with Gasteiger partial charge in [0.05, 0.1) is 29.3 Å². The fourth-order valence-electron chi connectivity index (χ4n) is 6.44. The molecular weight excluding hydrogens is 511 g/mol. The molecular formula is C31H31FN4O2S. The summed E-state index contributed by atoms with van der Waals surface area (Å²) >= 11 is 1.44. The molecule has 4 heterocycles. The molecule has 1 saturated carbocycles. The molecule has 2 saturated heterocycles. The lowest BCUT2D eigenvalue weighted by atomic mass is 10.1. The Morgan fingerprint density at radius 2 is 1.87 bits per heavy atom. The van der Waals surface area contributed by atoms with Gasteiger partial charge in [0.15, 0.2) is 0 Å². The third-order valence-electron chi connectivity index (χ3n) is 8.55. The average Bonchev–Trinajstić information content (AvgIpc) is 3.34. The Bertz CT molecular complexity index is 1470. The van der Waals surface area contributed by atoms with Crippen LogP contribution in [0.15, 0.2) is 72.2 Å². The van der Waals surface area contributed by atoms with Gasteiger partial charge in [-0.1, -0.05) is 24.3 Å². The van der Waals surface area contributed by atoms with Gasteiger partial charge in [0.25, 0.3) is 5.91 Å². The zero-order valence-electron chi connectivity index (χ0n) is 21.7. The van der Waals surface area contributed by atoms with Gasteiger partial charge in [0.1, 0.15) is 5.82 Å². The molecule has 200 valence electrons. The average molecular weight is 543 g/mol. The molecule has 1 amide bonds. The minimum absolute atomic E-state index is 0.0476. The summed E-state index contributed by atoms with van der Waals surface area (Å²) < 4.78 is 20.7. The molecule has 2 atom stereocenters. The number of hydrogen-bond acceptors (Lipinski definition) is 6. The largest absolute Gasteiger partial charge is 0.378 e. The number of benzene rings is 2. The van der Waals surface area contributed by atoms with Gasteiger partial charge in [0.2, 0.25) is 0 Å². The lowest BCUT2D eigenvalue weighted by Crippen LogP contribution is -2.37. The topological polar surface area (TPSA) is 48.9 Å². The number of pyridine rings is 1. The van der Waals surface area contributed by atoms with E-state index >= 15 is 4.39 Å². The van der Waals surface area contributed by atoms with Gasteiger partial charge in [-0.15, -0.1) is 11.3 Å². The van der Waals surface area contributed by atoms with Crippen LogP contribution < -0.4 is 9.80 Å². The van der Waals surface area contributed by atoms with Crippen LogP contribution in [0.1, 0.15) is 15.2 Å². The molecule has 0 spiro atoms. The number of likely N-dealkylation sites (tertiary alicyclic amines) is 1. The van der Waals surface area contributed by atoms with Crippen LogP contribution in [-0.4, -0.2) is 61.7 Å². The predicted molar refractivity (Wildman–Crippen MR) is 153 cm³/mol. The quantitative estimate of drug-likeness (QED) is 0.317. The zero-order chi connectivity index (χ0) is 26.3. The Morgan fingerprint density at radius 3 is 2.64 bits per heavy atom. The monoisotopic (exact) mass is 542 g/mol. The number of amides is 1. The first-order valence-corrected chi connectivity index (χ1v) is 14.6. The van der Waals surface area contributed by atoms with Crippen LogP contribution in [0, 0.1) is 23.6 Å². The van der Waals surface area contributed by atoms with Gasteiger partial charge < -0.3 is 14.5 Å². The van der Waals surface area contributed by atoms with Crippen LogP contribution >= 0.6 is 11.3 Å². The number of thiophene rings is 1. The highest BCUT2D eigenvalue weighted by molar-refractivity contribution is 7.12. The molecule has 6 nitrogen and oxygen atoms in total. The summed E-state index contributed by atoms with van der Waals surface area (Å²) in [5, 5.41) is 3.13. The maximum Gasteiger partial charge on any atom is 0.268 e. The van der Waals surface area contributed by atoms with E-state index in [0.29, 0.717) is 66.9 Å². The molecule has 2 aromatic carbocycles. The summed E-state index contributed by atoms with van der Waals surface area (Å²) in [6, 6.07) is 19.4. The number of aromatic nitrogens is 1. The summed E-state index contributed by atoms with van der Waals surface area (Å²) in [7, 11) is 0. The molecule has 1 aliphatic carbocycles. The molecule has 39 heavy (non-hydrogen) atoms. The van der Waals surface area contributed by atoms with E-state index in [1.165, 1.54) is 28.4 Å². The number of hydrogen-bond donors (Lipinski definition) is 0. The number of fused-ring (bicyclic) bond motifs is 2. The summed E-state index contributed by atoms with van der Waals surface area (Å²) in [6.07, 6.45) is 1.90. The zero-order valence-corrected chi connectivity index (χ0v) is 22.5. The predicted octanol–water partition coefficient (Wildman–Crippen LogP) is 5.30. The van der Waals surface area contributed by atoms with Gasteiger partial charge >= 0.3 is 0 Å². The van der Waals surface area contributed by atoms with Crippen molar-refractivity contribution in [2.45, 2.75) is 6.54 Å². The maximum absolute atomic E-state index is 15.3. The van der Waals surface area contributed by atoms with Crippen LogP contribution in [0.5, 0.6) is 0 Å². The summed E-state index contributed by atoms with van der Waals surface area (Å²) in [4.78, 5) is 25.1. The molecule has 2 aromatic heterocycles. The Hall–Kier alpha value is -3.33. The molecule has 3 fully saturated rings. The third-order valence-corrected chi connectivity index (χ3v) is 9.40. The first-order chi connectivity index (χ1) is 19.2. The van der Waals surface area contributed by atoms with Gasteiger partial charge in [-0.3, -0.25) is 14.7 Å². The number of rotatable bonds is 7. The van der Waals surface area contributed by atoms with E-state index in [2.05, 4.69) is 34.1 Å². The van der Waals surface area contributed by atoms with E-state index in [1.807, 2.05) is 51.7 Å². The van der Waals surface area contributed by atoms with Crippen LogP contribution in [0.25, 0.3) is 10.9 Å². The number of carbonyl (C=O) groups is 1. The molecule has 0 bridgehead atoms. The molecule has 0 N–H and O–H groups in total. The normalized spacial score (nSPS) is 22.7. The second kappa shape index (κ2) is 10.3. The van der Waals surface area contributed by atoms with Crippen molar-refractivity contribution in [3.8, 4) is 0 Å². The Kier molecular flexibility index (Phi) is 6.54. The second-order valence-corrected chi connectivity index (χ2v) is 11.7. The summed E-state index contributed by atoms with van der Waals surface area (Å²) in [5.41, 5.74) is 3.55. The lowest BCUT2D eigenvalue weighted by molar-refractivity contribution is 0.0988. The van der Waals surface area contributed by atoms with Crippen molar-refractivity contribution >= 4 is 39.5 Å². The van der Waals surface area contributed by atoms with Crippen molar-refractivity contribution in [2.75, 3.05) is 55.7 Å². The van der Waals surface area contributed by atoms with Gasteiger partial charge in [-0.2, -0.15) is 0 Å². The smallest absolute Gasteiger partial charge is 0.268 e. The lowest BCUT2D eigenvalue weighted by Gasteiger charge is -2.30. The Balaban J connectivity index is 1.06. The number of ether oxygens (including phenoxy) is 1. The van der Waals surface area contributed by atoms with E-state index in [-0.39, 0.29) is 11.7 Å². The van der Waals surface area contributed by atoms with Gasteiger partial charge in [0, 0.05) is 56.5 Å². The number of piperidine rings is 1. The van der Waals surface area contributed by atoms with E-state index in [9.17, 15) is 4.79 Å². The van der Waals surface area contributed by atoms with E-state index in [1.54, 1.807) is 0 Å². The molecule has 2 aliphatic heterocycles.